The highest BCUT2D eigenvalue weighted by Gasteiger charge is 2.29. The molecule has 22 heavy (non-hydrogen) atoms. The lowest BCUT2D eigenvalue weighted by molar-refractivity contribution is -0.124. The van der Waals surface area contributed by atoms with Crippen molar-refractivity contribution < 1.29 is 22.7 Å². The average molecular weight is 366 g/mol. The summed E-state index contributed by atoms with van der Waals surface area (Å²) in [5, 5.41) is 3.02. The monoisotopic (exact) mass is 365 g/mol. The molecule has 1 aliphatic heterocycles. The molecule has 0 spiro atoms. The maximum atomic E-state index is 11.8. The van der Waals surface area contributed by atoms with Crippen molar-refractivity contribution in [3.8, 4) is 0 Å². The van der Waals surface area contributed by atoms with Gasteiger partial charge in [0.05, 0.1) is 22.1 Å². The lowest BCUT2D eigenvalue weighted by atomic mass is 10.2. The number of benzene rings is 1. The normalized spacial score (nSPS) is 19.6. The Morgan fingerprint density at radius 1 is 1.32 bits per heavy atom. The number of halogens is 2. The number of ether oxygens (including phenoxy) is 1. The van der Waals surface area contributed by atoms with Crippen molar-refractivity contribution in [1.29, 1.82) is 0 Å². The maximum absolute atomic E-state index is 11.8. The second-order valence-electron chi connectivity index (χ2n) is 4.87. The molecule has 0 aliphatic carbocycles. The van der Waals surface area contributed by atoms with Crippen LogP contribution in [0.1, 0.15) is 16.8 Å². The third kappa shape index (κ3) is 4.59. The number of rotatable bonds is 4. The minimum absolute atomic E-state index is 0.0537. The van der Waals surface area contributed by atoms with E-state index in [1.807, 2.05) is 0 Å². The predicted molar refractivity (Wildman–Crippen MR) is 81.9 cm³/mol. The van der Waals surface area contributed by atoms with Crippen LogP contribution in [0.25, 0.3) is 0 Å². The van der Waals surface area contributed by atoms with Crippen molar-refractivity contribution in [3.63, 3.8) is 0 Å². The van der Waals surface area contributed by atoms with Crippen LogP contribution < -0.4 is 5.32 Å². The second-order valence-corrected chi connectivity index (χ2v) is 7.94. The van der Waals surface area contributed by atoms with Crippen molar-refractivity contribution in [2.45, 2.75) is 12.5 Å². The molecule has 1 amide bonds. The molecule has 1 N–H and O–H groups in total. The van der Waals surface area contributed by atoms with Crippen molar-refractivity contribution >= 4 is 44.9 Å². The van der Waals surface area contributed by atoms with Crippen molar-refractivity contribution in [3.05, 3.63) is 33.8 Å². The molecule has 9 heteroatoms. The first-order valence-corrected chi connectivity index (χ1v) is 8.96. The molecule has 1 aromatic carbocycles. The smallest absolute Gasteiger partial charge is 0.340 e. The predicted octanol–water partition coefficient (Wildman–Crippen LogP) is 1.45. The van der Waals surface area contributed by atoms with E-state index in [1.54, 1.807) is 0 Å². The first-order valence-electron chi connectivity index (χ1n) is 6.39. The molecule has 2 rings (SSSR count). The molecule has 0 aromatic heterocycles. The van der Waals surface area contributed by atoms with E-state index in [-0.39, 0.29) is 22.1 Å². The Bertz CT molecular complexity index is 704. The topological polar surface area (TPSA) is 89.5 Å². The largest absolute Gasteiger partial charge is 0.452 e. The van der Waals surface area contributed by atoms with Gasteiger partial charge in [0.1, 0.15) is 0 Å². The standard InChI is InChI=1S/C13H13Cl2NO5S/c14-8-1-2-10(11(15)5-8)13(18)21-6-12(17)16-9-3-4-22(19,20)7-9/h1-2,5,9H,3-4,6-7H2,(H,16,17)/t9-/m0/s1. The van der Waals surface area contributed by atoms with Gasteiger partial charge in [-0.05, 0) is 24.6 Å². The van der Waals surface area contributed by atoms with E-state index in [0.717, 1.165) is 0 Å². The minimum Gasteiger partial charge on any atom is -0.452 e. The number of carbonyl (C=O) groups is 2. The highest BCUT2D eigenvalue weighted by Crippen LogP contribution is 2.21. The molecule has 1 atom stereocenters. The lowest BCUT2D eigenvalue weighted by Gasteiger charge is -2.11. The van der Waals surface area contributed by atoms with E-state index in [2.05, 4.69) is 5.32 Å². The van der Waals surface area contributed by atoms with Crippen LogP contribution in [0.15, 0.2) is 18.2 Å². The molecule has 1 fully saturated rings. The van der Waals surface area contributed by atoms with Crippen molar-refractivity contribution in [2.24, 2.45) is 0 Å². The van der Waals surface area contributed by atoms with Gasteiger partial charge in [0.25, 0.3) is 5.91 Å². The summed E-state index contributed by atoms with van der Waals surface area (Å²) in [5.74, 6) is -1.34. The van der Waals surface area contributed by atoms with Crippen molar-refractivity contribution in [2.75, 3.05) is 18.1 Å². The number of hydrogen-bond acceptors (Lipinski definition) is 5. The Morgan fingerprint density at radius 3 is 2.64 bits per heavy atom. The van der Waals surface area contributed by atoms with Crippen LogP contribution in [0.5, 0.6) is 0 Å². The number of carbonyl (C=O) groups excluding carboxylic acids is 2. The molecule has 6 nitrogen and oxygen atoms in total. The van der Waals surface area contributed by atoms with E-state index < -0.39 is 34.4 Å². The SMILES string of the molecule is O=C(COC(=O)c1ccc(Cl)cc1Cl)N[C@H]1CCS(=O)(=O)C1. The van der Waals surface area contributed by atoms with E-state index in [4.69, 9.17) is 27.9 Å². The number of esters is 1. The summed E-state index contributed by atoms with van der Waals surface area (Å²) in [6, 6.07) is 3.83. The molecule has 1 aliphatic rings. The summed E-state index contributed by atoms with van der Waals surface area (Å²) in [7, 11) is -3.08. The summed E-state index contributed by atoms with van der Waals surface area (Å²) >= 11 is 11.6. The van der Waals surface area contributed by atoms with Gasteiger partial charge in [0.2, 0.25) is 0 Å². The van der Waals surface area contributed by atoms with Gasteiger partial charge in [-0.3, -0.25) is 4.79 Å². The lowest BCUT2D eigenvalue weighted by Crippen LogP contribution is -2.38. The number of nitrogens with one attached hydrogen (secondary N) is 1. The van der Waals surface area contributed by atoms with Crippen LogP contribution in [-0.2, 0) is 19.4 Å². The second kappa shape index (κ2) is 6.85. The highest BCUT2D eigenvalue weighted by atomic mass is 35.5. The fourth-order valence-electron chi connectivity index (χ4n) is 2.04. The molecule has 0 bridgehead atoms. The van der Waals surface area contributed by atoms with Gasteiger partial charge in [0, 0.05) is 11.1 Å². The summed E-state index contributed by atoms with van der Waals surface area (Å²) in [6.07, 6.45) is 0.366. The van der Waals surface area contributed by atoms with Crippen LogP contribution in [0.2, 0.25) is 10.0 Å². The van der Waals surface area contributed by atoms with Crippen LogP contribution in [0.4, 0.5) is 0 Å². The van der Waals surface area contributed by atoms with Crippen molar-refractivity contribution in [1.82, 2.24) is 5.32 Å². The van der Waals surface area contributed by atoms with Gasteiger partial charge in [0.15, 0.2) is 16.4 Å². The molecule has 120 valence electrons. The zero-order chi connectivity index (χ0) is 16.3. The van der Waals surface area contributed by atoms with Crippen LogP contribution >= 0.6 is 23.2 Å². The van der Waals surface area contributed by atoms with Gasteiger partial charge in [-0.2, -0.15) is 0 Å². The first kappa shape index (κ1) is 17.1. The van der Waals surface area contributed by atoms with Gasteiger partial charge in [-0.15, -0.1) is 0 Å². The number of amides is 1. The first-order chi connectivity index (χ1) is 10.3. The summed E-state index contributed by atoms with van der Waals surface area (Å²) in [4.78, 5) is 23.4. The average Bonchev–Trinajstić information content (AvgIpc) is 2.75. The Labute approximate surface area is 137 Å². The number of sulfone groups is 1. The summed E-state index contributed by atoms with van der Waals surface area (Å²) in [5.41, 5.74) is 0.0994. The molecule has 0 unspecified atom stereocenters. The molecule has 1 saturated heterocycles. The minimum atomic E-state index is -3.08. The van der Waals surface area contributed by atoms with Crippen LogP contribution in [0, 0.1) is 0 Å². The quantitative estimate of drug-likeness (QED) is 0.815. The Balaban J connectivity index is 1.84. The Hall–Kier alpha value is -1.31. The molecular formula is C13H13Cl2NO5S. The van der Waals surface area contributed by atoms with E-state index in [9.17, 15) is 18.0 Å². The molecule has 1 aromatic rings. The zero-order valence-corrected chi connectivity index (χ0v) is 13.7. The van der Waals surface area contributed by atoms with Gasteiger partial charge in [-0.1, -0.05) is 23.2 Å². The molecule has 0 radical (unpaired) electrons. The highest BCUT2D eigenvalue weighted by molar-refractivity contribution is 7.91. The Morgan fingerprint density at radius 2 is 2.05 bits per heavy atom. The van der Waals surface area contributed by atoms with Gasteiger partial charge in [-0.25, -0.2) is 13.2 Å². The maximum Gasteiger partial charge on any atom is 0.340 e. The van der Waals surface area contributed by atoms with Gasteiger partial charge < -0.3 is 10.1 Å². The van der Waals surface area contributed by atoms with E-state index in [0.29, 0.717) is 11.4 Å². The fourth-order valence-corrected chi connectivity index (χ4v) is 4.20. The zero-order valence-electron chi connectivity index (χ0n) is 11.3. The molecule has 1 heterocycles. The summed E-state index contributed by atoms with van der Waals surface area (Å²) < 4.78 is 27.4. The Kier molecular flexibility index (Phi) is 5.31. The summed E-state index contributed by atoms with van der Waals surface area (Å²) in [6.45, 7) is -0.506. The third-order valence-electron chi connectivity index (χ3n) is 3.08. The third-order valence-corrected chi connectivity index (χ3v) is 5.40. The van der Waals surface area contributed by atoms with Crippen LogP contribution in [-0.4, -0.2) is 44.4 Å². The van der Waals surface area contributed by atoms with Gasteiger partial charge >= 0.3 is 5.97 Å². The molecule has 0 saturated carbocycles. The van der Waals surface area contributed by atoms with E-state index >= 15 is 0 Å². The van der Waals surface area contributed by atoms with E-state index in [1.165, 1.54) is 18.2 Å². The number of hydrogen-bond donors (Lipinski definition) is 1. The fraction of sp³-hybridized carbons (Fsp3) is 0.385. The molecular weight excluding hydrogens is 353 g/mol. The van der Waals surface area contributed by atoms with Crippen LogP contribution in [0.3, 0.4) is 0 Å².